The van der Waals surface area contributed by atoms with E-state index in [0.717, 1.165) is 0 Å². The molecule has 17 heavy (non-hydrogen) atoms. The Morgan fingerprint density at radius 3 is 2.88 bits per heavy atom. The number of pyridine rings is 1. The van der Waals surface area contributed by atoms with E-state index < -0.39 is 4.92 Å². The molecule has 0 unspecified atom stereocenters. The minimum Gasteiger partial charge on any atom is -0.261 e. The van der Waals surface area contributed by atoms with E-state index in [1.165, 1.54) is 18.3 Å². The van der Waals surface area contributed by atoms with Crippen molar-refractivity contribution < 1.29 is 4.92 Å². The Labute approximate surface area is 95.5 Å². The number of aryl methyl sites for hydroxylation is 1. The lowest BCUT2D eigenvalue weighted by atomic mass is 10.1. The lowest BCUT2D eigenvalue weighted by Gasteiger charge is -2.03. The number of hydrogen-bond donors (Lipinski definition) is 0. The first kappa shape index (κ1) is 10.8. The number of benzene rings is 1. The molecule has 0 aliphatic rings. The van der Waals surface area contributed by atoms with Gasteiger partial charge in [0.25, 0.3) is 5.69 Å². The number of rotatable bonds is 2. The van der Waals surface area contributed by atoms with Crippen molar-refractivity contribution in [2.45, 2.75) is 6.92 Å². The molecule has 0 amide bonds. The monoisotopic (exact) mass is 229 g/mol. The van der Waals surface area contributed by atoms with Gasteiger partial charge < -0.3 is 0 Å². The third kappa shape index (κ3) is 1.86. The van der Waals surface area contributed by atoms with Crippen molar-refractivity contribution in [3.63, 3.8) is 0 Å². The number of non-ortho nitro benzene ring substituents is 1. The second kappa shape index (κ2) is 4.07. The molecule has 0 bridgehead atoms. The Bertz CT molecular complexity index is 661. The highest BCUT2D eigenvalue weighted by Crippen LogP contribution is 2.32. The van der Waals surface area contributed by atoms with Crippen LogP contribution in [0.1, 0.15) is 5.69 Å². The van der Waals surface area contributed by atoms with Gasteiger partial charge in [-0.3, -0.25) is 15.1 Å². The Balaban J connectivity index is 2.90. The third-order valence-corrected chi connectivity index (χ3v) is 2.34. The zero-order chi connectivity index (χ0) is 12.4. The first-order valence-electron chi connectivity index (χ1n) is 4.72. The van der Waals surface area contributed by atoms with Crippen LogP contribution in [0.25, 0.3) is 21.2 Å². The summed E-state index contributed by atoms with van der Waals surface area (Å²) in [7, 11) is 0. The van der Waals surface area contributed by atoms with E-state index in [-0.39, 0.29) is 5.69 Å². The van der Waals surface area contributed by atoms with Gasteiger partial charge in [-0.05, 0) is 24.6 Å². The molecular weight excluding hydrogens is 222 g/mol. The molecule has 7 heteroatoms. The Hall–Kier alpha value is -2.66. The molecule has 7 nitrogen and oxygen atoms in total. The smallest absolute Gasteiger partial charge is 0.261 e. The van der Waals surface area contributed by atoms with E-state index in [1.54, 1.807) is 13.0 Å². The highest BCUT2D eigenvalue weighted by Gasteiger charge is 2.14. The average molecular weight is 229 g/mol. The van der Waals surface area contributed by atoms with Gasteiger partial charge in [-0.1, -0.05) is 5.11 Å². The van der Waals surface area contributed by atoms with Gasteiger partial charge in [0.05, 0.1) is 10.3 Å². The average Bonchev–Trinajstić information content (AvgIpc) is 2.29. The van der Waals surface area contributed by atoms with Gasteiger partial charge in [-0.2, -0.15) is 0 Å². The van der Waals surface area contributed by atoms with E-state index >= 15 is 0 Å². The minimum absolute atomic E-state index is 0.0515. The summed E-state index contributed by atoms with van der Waals surface area (Å²) in [4.78, 5) is 17.1. The van der Waals surface area contributed by atoms with Crippen molar-refractivity contribution in [3.05, 3.63) is 50.6 Å². The molecule has 0 aliphatic heterocycles. The van der Waals surface area contributed by atoms with Crippen molar-refractivity contribution in [2.75, 3.05) is 0 Å². The quantitative estimate of drug-likeness (QED) is 0.259. The molecule has 1 heterocycles. The van der Waals surface area contributed by atoms with E-state index in [2.05, 4.69) is 15.0 Å². The minimum atomic E-state index is -0.487. The van der Waals surface area contributed by atoms with Crippen molar-refractivity contribution in [1.29, 1.82) is 0 Å². The highest BCUT2D eigenvalue weighted by molar-refractivity contribution is 5.98. The van der Waals surface area contributed by atoms with Crippen molar-refractivity contribution >= 4 is 22.1 Å². The fourth-order valence-electron chi connectivity index (χ4n) is 1.61. The maximum Gasteiger partial charge on any atom is 0.278 e. The summed E-state index contributed by atoms with van der Waals surface area (Å²) in [5.74, 6) is 0. The Morgan fingerprint density at radius 2 is 2.24 bits per heavy atom. The van der Waals surface area contributed by atoms with Crippen LogP contribution in [-0.4, -0.2) is 9.91 Å². The number of nitro benzene ring substituents is 1. The van der Waals surface area contributed by atoms with Crippen LogP contribution < -0.4 is 0 Å². The van der Waals surface area contributed by atoms with Gasteiger partial charge in [0.1, 0.15) is 0 Å². The van der Waals surface area contributed by atoms with Crippen molar-refractivity contribution in [3.8, 4) is 0 Å². The molecule has 0 fully saturated rings. The van der Waals surface area contributed by atoms with E-state index in [4.69, 9.17) is 5.53 Å². The van der Waals surface area contributed by atoms with Crippen LogP contribution in [0.2, 0.25) is 0 Å². The lowest BCUT2D eigenvalue weighted by Crippen LogP contribution is -1.91. The standard InChI is InChI=1S/C10H7N5O2/c1-6-4-7-8(5-12-6)10(15(16)17)3-2-9(7)13-14-11/h2-5H,1H3. The van der Waals surface area contributed by atoms with Crippen LogP contribution in [0, 0.1) is 17.0 Å². The molecule has 0 N–H and O–H groups in total. The number of nitro groups is 1. The molecule has 0 radical (unpaired) electrons. The first-order chi connectivity index (χ1) is 8.13. The van der Waals surface area contributed by atoms with Gasteiger partial charge in [0.2, 0.25) is 0 Å². The summed E-state index contributed by atoms with van der Waals surface area (Å²) in [5.41, 5.74) is 9.45. The maximum absolute atomic E-state index is 10.8. The molecule has 1 aromatic carbocycles. The maximum atomic E-state index is 10.8. The topological polar surface area (TPSA) is 105 Å². The molecule has 2 aromatic rings. The van der Waals surface area contributed by atoms with Crippen LogP contribution in [0.3, 0.4) is 0 Å². The van der Waals surface area contributed by atoms with Crippen LogP contribution in [-0.2, 0) is 0 Å². The molecule has 0 aliphatic carbocycles. The zero-order valence-corrected chi connectivity index (χ0v) is 8.86. The summed E-state index contributed by atoms with van der Waals surface area (Å²) >= 11 is 0. The molecule has 1 aromatic heterocycles. The predicted octanol–water partition coefficient (Wildman–Crippen LogP) is 3.39. The highest BCUT2D eigenvalue weighted by atomic mass is 16.6. The van der Waals surface area contributed by atoms with Crippen molar-refractivity contribution in [1.82, 2.24) is 4.98 Å². The summed E-state index contributed by atoms with van der Waals surface area (Å²) < 4.78 is 0. The fraction of sp³-hybridized carbons (Fsp3) is 0.100. The normalized spacial score (nSPS) is 9.94. The summed E-state index contributed by atoms with van der Waals surface area (Å²) in [6.45, 7) is 1.76. The van der Waals surface area contributed by atoms with Gasteiger partial charge in [0, 0.05) is 33.9 Å². The largest absolute Gasteiger partial charge is 0.278 e. The molecule has 0 saturated heterocycles. The third-order valence-electron chi connectivity index (χ3n) is 2.34. The molecule has 84 valence electrons. The molecule has 0 spiro atoms. The number of nitrogens with zero attached hydrogens (tertiary/aromatic N) is 5. The SMILES string of the molecule is Cc1cc2c(N=[N+]=[N-])ccc([N+](=O)[O-])c2cn1. The molecule has 0 saturated carbocycles. The number of azide groups is 1. The number of hydrogen-bond acceptors (Lipinski definition) is 4. The predicted molar refractivity (Wildman–Crippen MR) is 61.9 cm³/mol. The molecule has 2 rings (SSSR count). The van der Waals surface area contributed by atoms with Crippen LogP contribution in [0.4, 0.5) is 11.4 Å². The molecule has 0 atom stereocenters. The lowest BCUT2D eigenvalue weighted by molar-refractivity contribution is -0.383. The van der Waals surface area contributed by atoms with Crippen LogP contribution in [0.15, 0.2) is 29.5 Å². The van der Waals surface area contributed by atoms with Crippen molar-refractivity contribution in [2.24, 2.45) is 5.11 Å². The van der Waals surface area contributed by atoms with Crippen LogP contribution in [0.5, 0.6) is 0 Å². The van der Waals surface area contributed by atoms with Gasteiger partial charge in [-0.25, -0.2) is 0 Å². The number of aromatic nitrogens is 1. The Kier molecular flexibility index (Phi) is 2.60. The molecular formula is C10H7N5O2. The summed E-state index contributed by atoms with van der Waals surface area (Å²) in [6.07, 6.45) is 1.42. The Morgan fingerprint density at radius 1 is 1.47 bits per heavy atom. The second-order valence-corrected chi connectivity index (χ2v) is 3.42. The number of fused-ring (bicyclic) bond motifs is 1. The van der Waals surface area contributed by atoms with E-state index in [1.807, 2.05) is 0 Å². The van der Waals surface area contributed by atoms with Gasteiger partial charge >= 0.3 is 0 Å². The van der Waals surface area contributed by atoms with Gasteiger partial charge in [-0.15, -0.1) is 0 Å². The second-order valence-electron chi connectivity index (χ2n) is 3.42. The summed E-state index contributed by atoms with van der Waals surface area (Å²) in [5, 5.41) is 15.2. The first-order valence-corrected chi connectivity index (χ1v) is 4.72. The zero-order valence-electron chi connectivity index (χ0n) is 8.86. The van der Waals surface area contributed by atoms with Gasteiger partial charge in [0.15, 0.2) is 0 Å². The fourth-order valence-corrected chi connectivity index (χ4v) is 1.61. The van der Waals surface area contributed by atoms with Crippen LogP contribution >= 0.6 is 0 Å². The van der Waals surface area contributed by atoms with E-state index in [0.29, 0.717) is 22.2 Å². The summed E-state index contributed by atoms with van der Waals surface area (Å²) in [6, 6.07) is 4.40. The van der Waals surface area contributed by atoms with E-state index in [9.17, 15) is 10.1 Å².